The van der Waals surface area contributed by atoms with Crippen LogP contribution in [0.2, 0.25) is 0 Å². The topological polar surface area (TPSA) is 71.1 Å². The van der Waals surface area contributed by atoms with Crippen molar-refractivity contribution in [1.82, 2.24) is 4.98 Å². The van der Waals surface area contributed by atoms with Crippen LogP contribution in [0.3, 0.4) is 0 Å². The molecule has 0 bridgehead atoms. The zero-order valence-corrected chi connectivity index (χ0v) is 13.5. The average Bonchev–Trinajstić information content (AvgIpc) is 2.48. The molecular weight excluding hydrogens is 381 g/mol. The highest BCUT2D eigenvalue weighted by Crippen LogP contribution is 2.12. The molecule has 6 heteroatoms. The lowest BCUT2D eigenvalue weighted by Gasteiger charge is -2.07. The Bertz CT molecular complexity index is 656. The Kier molecular flexibility index (Phi) is 5.26. The highest BCUT2D eigenvalue weighted by Gasteiger charge is 2.07. The third-order valence-electron chi connectivity index (χ3n) is 2.69. The minimum atomic E-state index is -0.238. The van der Waals surface area contributed by atoms with Crippen LogP contribution in [-0.4, -0.2) is 16.8 Å². The van der Waals surface area contributed by atoms with E-state index in [0.29, 0.717) is 23.6 Å². The van der Waals surface area contributed by atoms with Crippen molar-refractivity contribution in [1.29, 1.82) is 0 Å². The van der Waals surface area contributed by atoms with Gasteiger partial charge in [0, 0.05) is 15.6 Å². The number of hydrogen-bond acceptors (Lipinski definition) is 3. The molecule has 0 atom stereocenters. The van der Waals surface area contributed by atoms with Crippen molar-refractivity contribution < 1.29 is 9.59 Å². The van der Waals surface area contributed by atoms with Gasteiger partial charge in [0.1, 0.15) is 11.6 Å². The maximum Gasteiger partial charge on any atom is 0.256 e. The van der Waals surface area contributed by atoms with E-state index < -0.39 is 0 Å². The summed E-state index contributed by atoms with van der Waals surface area (Å²) in [7, 11) is 0. The monoisotopic (exact) mass is 395 g/mol. The van der Waals surface area contributed by atoms with Gasteiger partial charge in [-0.2, -0.15) is 0 Å². The van der Waals surface area contributed by atoms with Crippen molar-refractivity contribution in [3.63, 3.8) is 0 Å². The number of carbonyl (C=O) groups is 2. The van der Waals surface area contributed by atoms with Crippen molar-refractivity contribution in [3.8, 4) is 0 Å². The highest BCUT2D eigenvalue weighted by molar-refractivity contribution is 14.1. The number of anilines is 2. The smallest absolute Gasteiger partial charge is 0.256 e. The Labute approximate surface area is 136 Å². The fraction of sp³-hybridized carbons (Fsp3) is 0.133. The van der Waals surface area contributed by atoms with Gasteiger partial charge in [-0.25, -0.2) is 4.98 Å². The summed E-state index contributed by atoms with van der Waals surface area (Å²) in [5.74, 6) is 0.455. The minimum absolute atomic E-state index is 0.122. The summed E-state index contributed by atoms with van der Waals surface area (Å²) in [5.41, 5.74) is 0.556. The second kappa shape index (κ2) is 7.16. The van der Waals surface area contributed by atoms with E-state index in [1.54, 1.807) is 37.3 Å². The van der Waals surface area contributed by atoms with E-state index in [-0.39, 0.29) is 11.8 Å². The SMILES string of the molecule is CCC(=O)Nc1cccc(NC(=O)c2ccc(I)cc2)n1. The molecule has 1 heterocycles. The Hall–Kier alpha value is -1.96. The molecule has 2 amide bonds. The number of halogens is 1. The molecule has 108 valence electrons. The standard InChI is InChI=1S/C15H14IN3O2/c1-2-14(20)18-12-4-3-5-13(17-12)19-15(21)10-6-8-11(16)9-7-10/h3-9H,2H2,1H3,(H2,17,18,19,20,21). The normalized spacial score (nSPS) is 10.0. The summed E-state index contributed by atoms with van der Waals surface area (Å²) in [6.07, 6.45) is 0.376. The molecule has 0 saturated carbocycles. The van der Waals surface area contributed by atoms with E-state index in [1.807, 2.05) is 12.1 Å². The average molecular weight is 395 g/mol. The molecule has 0 spiro atoms. The highest BCUT2D eigenvalue weighted by atomic mass is 127. The summed E-state index contributed by atoms with van der Waals surface area (Å²) in [6, 6.07) is 12.3. The van der Waals surface area contributed by atoms with Crippen LogP contribution in [0, 0.1) is 3.57 Å². The van der Waals surface area contributed by atoms with Gasteiger partial charge in [-0.1, -0.05) is 13.0 Å². The summed E-state index contributed by atoms with van der Waals surface area (Å²) in [6.45, 7) is 1.76. The fourth-order valence-corrected chi connectivity index (χ4v) is 1.95. The lowest BCUT2D eigenvalue weighted by atomic mass is 10.2. The molecule has 2 N–H and O–H groups in total. The largest absolute Gasteiger partial charge is 0.311 e. The van der Waals surface area contributed by atoms with Gasteiger partial charge in [0.05, 0.1) is 0 Å². The summed E-state index contributed by atoms with van der Waals surface area (Å²) >= 11 is 2.18. The fourth-order valence-electron chi connectivity index (χ4n) is 1.59. The van der Waals surface area contributed by atoms with Crippen LogP contribution in [-0.2, 0) is 4.79 Å². The van der Waals surface area contributed by atoms with E-state index in [9.17, 15) is 9.59 Å². The number of pyridine rings is 1. The predicted octanol–water partition coefficient (Wildman–Crippen LogP) is 3.29. The van der Waals surface area contributed by atoms with Crippen molar-refractivity contribution in [2.75, 3.05) is 10.6 Å². The van der Waals surface area contributed by atoms with E-state index in [2.05, 4.69) is 38.2 Å². The first-order valence-electron chi connectivity index (χ1n) is 6.42. The van der Waals surface area contributed by atoms with Crippen molar-refractivity contribution in [2.24, 2.45) is 0 Å². The van der Waals surface area contributed by atoms with Crippen molar-refractivity contribution >= 4 is 46.0 Å². The van der Waals surface area contributed by atoms with E-state index >= 15 is 0 Å². The molecule has 0 aliphatic carbocycles. The lowest BCUT2D eigenvalue weighted by molar-refractivity contribution is -0.115. The number of nitrogens with zero attached hydrogens (tertiary/aromatic N) is 1. The number of benzene rings is 1. The first kappa shape index (κ1) is 15.4. The molecule has 0 aliphatic heterocycles. The van der Waals surface area contributed by atoms with Crippen LogP contribution in [0.4, 0.5) is 11.6 Å². The van der Waals surface area contributed by atoms with Crippen molar-refractivity contribution in [2.45, 2.75) is 13.3 Å². The van der Waals surface area contributed by atoms with Gasteiger partial charge in [-0.3, -0.25) is 9.59 Å². The molecule has 21 heavy (non-hydrogen) atoms. The van der Waals surface area contributed by atoms with Crippen LogP contribution >= 0.6 is 22.6 Å². The van der Waals surface area contributed by atoms with Crippen LogP contribution in [0.5, 0.6) is 0 Å². The van der Waals surface area contributed by atoms with Gasteiger partial charge in [-0.05, 0) is 59.0 Å². The molecule has 0 unspecified atom stereocenters. The Morgan fingerprint density at radius 3 is 2.29 bits per heavy atom. The second-order valence-electron chi connectivity index (χ2n) is 4.27. The Morgan fingerprint density at radius 1 is 1.05 bits per heavy atom. The molecule has 1 aromatic carbocycles. The van der Waals surface area contributed by atoms with Crippen LogP contribution < -0.4 is 10.6 Å². The second-order valence-corrected chi connectivity index (χ2v) is 5.52. The summed E-state index contributed by atoms with van der Waals surface area (Å²) in [5, 5.41) is 5.36. The van der Waals surface area contributed by atoms with E-state index in [0.717, 1.165) is 3.57 Å². The zero-order valence-electron chi connectivity index (χ0n) is 11.4. The van der Waals surface area contributed by atoms with E-state index in [1.165, 1.54) is 0 Å². The Balaban J connectivity index is 2.08. The van der Waals surface area contributed by atoms with Gasteiger partial charge >= 0.3 is 0 Å². The maximum absolute atomic E-state index is 12.1. The molecule has 2 aromatic rings. The summed E-state index contributed by atoms with van der Waals surface area (Å²) < 4.78 is 1.06. The number of amides is 2. The molecule has 0 aliphatic rings. The number of nitrogens with one attached hydrogen (secondary N) is 2. The van der Waals surface area contributed by atoms with Gasteiger partial charge in [0.25, 0.3) is 5.91 Å². The molecule has 1 aromatic heterocycles. The van der Waals surface area contributed by atoms with Gasteiger partial charge < -0.3 is 10.6 Å². The first-order chi connectivity index (χ1) is 10.1. The maximum atomic E-state index is 12.1. The molecule has 0 fully saturated rings. The number of hydrogen-bond donors (Lipinski definition) is 2. The molecular formula is C15H14IN3O2. The van der Waals surface area contributed by atoms with Gasteiger partial charge in [0.2, 0.25) is 5.91 Å². The molecule has 0 radical (unpaired) electrons. The predicted molar refractivity (Wildman–Crippen MR) is 90.3 cm³/mol. The quantitative estimate of drug-likeness (QED) is 0.781. The van der Waals surface area contributed by atoms with Gasteiger partial charge in [-0.15, -0.1) is 0 Å². The molecule has 5 nitrogen and oxygen atoms in total. The lowest BCUT2D eigenvalue weighted by Crippen LogP contribution is -2.15. The molecule has 2 rings (SSSR count). The third kappa shape index (κ3) is 4.52. The number of carbonyl (C=O) groups excluding carboxylic acids is 2. The third-order valence-corrected chi connectivity index (χ3v) is 3.40. The van der Waals surface area contributed by atoms with Crippen LogP contribution in [0.1, 0.15) is 23.7 Å². The Morgan fingerprint density at radius 2 is 1.67 bits per heavy atom. The van der Waals surface area contributed by atoms with Gasteiger partial charge in [0.15, 0.2) is 0 Å². The number of aromatic nitrogens is 1. The van der Waals surface area contributed by atoms with Crippen LogP contribution in [0.25, 0.3) is 0 Å². The molecule has 0 saturated heterocycles. The van der Waals surface area contributed by atoms with E-state index in [4.69, 9.17) is 0 Å². The first-order valence-corrected chi connectivity index (χ1v) is 7.50. The van der Waals surface area contributed by atoms with Crippen molar-refractivity contribution in [3.05, 3.63) is 51.6 Å². The van der Waals surface area contributed by atoms with Crippen LogP contribution in [0.15, 0.2) is 42.5 Å². The number of rotatable bonds is 4. The zero-order chi connectivity index (χ0) is 15.2. The summed E-state index contributed by atoms with van der Waals surface area (Å²) in [4.78, 5) is 27.6. The minimum Gasteiger partial charge on any atom is -0.311 e.